The molecule has 0 saturated carbocycles. The van der Waals surface area contributed by atoms with Gasteiger partial charge in [-0.2, -0.15) is 5.10 Å². The molecule has 4 heteroatoms. The Labute approximate surface area is 86.8 Å². The van der Waals surface area contributed by atoms with E-state index in [1.165, 1.54) is 16.8 Å². The van der Waals surface area contributed by atoms with Crippen LogP contribution in [0.15, 0.2) is 24.3 Å². The number of nitrogens with zero attached hydrogens (tertiary/aromatic N) is 2. The Hall–Kier alpha value is -1.84. The molecule has 3 nitrogen and oxygen atoms in total. The number of aromatic nitrogens is 2. The van der Waals surface area contributed by atoms with Crippen LogP contribution in [0.2, 0.25) is 0 Å². The van der Waals surface area contributed by atoms with Gasteiger partial charge in [0.1, 0.15) is 11.5 Å². The Balaban J connectivity index is 2.59. The van der Waals surface area contributed by atoms with Gasteiger partial charge in [-0.25, -0.2) is 9.07 Å². The molecule has 0 unspecified atom stereocenters. The summed E-state index contributed by atoms with van der Waals surface area (Å²) in [5, 5.41) is 13.7. The maximum Gasteiger partial charge on any atom is 0.159 e. The Bertz CT molecular complexity index is 505. The molecule has 0 saturated heterocycles. The summed E-state index contributed by atoms with van der Waals surface area (Å²) in [5.74, 6) is -0.168. The molecule has 0 aliphatic rings. The van der Waals surface area contributed by atoms with E-state index in [4.69, 9.17) is 0 Å². The highest BCUT2D eigenvalue weighted by atomic mass is 19.1. The van der Waals surface area contributed by atoms with E-state index >= 15 is 0 Å². The second-order valence-electron chi connectivity index (χ2n) is 3.41. The highest BCUT2D eigenvalue weighted by Crippen LogP contribution is 2.23. The molecule has 1 aromatic heterocycles. The molecule has 0 aliphatic carbocycles. The molecule has 78 valence electrons. The molecular weight excluding hydrogens is 195 g/mol. The van der Waals surface area contributed by atoms with Crippen molar-refractivity contribution in [2.24, 2.45) is 0 Å². The normalized spacial score (nSPS) is 10.6. The number of aromatic hydroxyl groups is 1. The van der Waals surface area contributed by atoms with Crippen molar-refractivity contribution in [2.75, 3.05) is 0 Å². The lowest BCUT2D eigenvalue weighted by Crippen LogP contribution is -1.99. The van der Waals surface area contributed by atoms with Gasteiger partial charge < -0.3 is 5.11 Å². The van der Waals surface area contributed by atoms with E-state index in [9.17, 15) is 9.50 Å². The third-order valence-electron chi connectivity index (χ3n) is 2.31. The number of hydrogen-bond acceptors (Lipinski definition) is 2. The summed E-state index contributed by atoms with van der Waals surface area (Å²) < 4.78 is 14.5. The van der Waals surface area contributed by atoms with Crippen molar-refractivity contribution in [3.8, 4) is 11.4 Å². The molecule has 1 heterocycles. The van der Waals surface area contributed by atoms with Gasteiger partial charge in [0.2, 0.25) is 0 Å². The van der Waals surface area contributed by atoms with Crippen molar-refractivity contribution < 1.29 is 9.50 Å². The van der Waals surface area contributed by atoms with Crippen molar-refractivity contribution in [1.82, 2.24) is 9.78 Å². The quantitative estimate of drug-likeness (QED) is 0.777. The van der Waals surface area contributed by atoms with Gasteiger partial charge in [-0.1, -0.05) is 6.07 Å². The molecular formula is C11H11FN2O. The van der Waals surface area contributed by atoms with Crippen LogP contribution >= 0.6 is 0 Å². The zero-order chi connectivity index (χ0) is 11.0. The molecule has 0 atom stereocenters. The number of hydrogen-bond donors (Lipinski definition) is 1. The average molecular weight is 206 g/mol. The second-order valence-corrected chi connectivity index (χ2v) is 3.41. The van der Waals surface area contributed by atoms with Gasteiger partial charge in [0.05, 0.1) is 11.4 Å². The van der Waals surface area contributed by atoms with Crippen LogP contribution in [-0.2, 0) is 0 Å². The molecule has 2 aromatic rings. The van der Waals surface area contributed by atoms with Crippen molar-refractivity contribution >= 4 is 0 Å². The fraction of sp³-hybridized carbons (Fsp3) is 0.182. The first kappa shape index (κ1) is 9.71. The van der Waals surface area contributed by atoms with Crippen LogP contribution < -0.4 is 0 Å². The van der Waals surface area contributed by atoms with Crippen molar-refractivity contribution in [3.05, 3.63) is 41.5 Å². The molecule has 0 amide bonds. The summed E-state index contributed by atoms with van der Waals surface area (Å²) in [6.45, 7) is 3.44. The van der Waals surface area contributed by atoms with Gasteiger partial charge in [-0.3, -0.25) is 0 Å². The molecule has 15 heavy (non-hydrogen) atoms. The lowest BCUT2D eigenvalue weighted by molar-refractivity contribution is 0.466. The molecule has 0 radical (unpaired) electrons. The standard InChI is InChI=1S/C11H11FN2O/c1-7-11(15)8(2)14(13-7)10-5-3-4-9(12)6-10/h3-6,15H,1-2H3. The van der Waals surface area contributed by atoms with E-state index in [0.717, 1.165) is 0 Å². The zero-order valence-corrected chi connectivity index (χ0v) is 8.53. The van der Waals surface area contributed by atoms with Crippen LogP contribution in [0.3, 0.4) is 0 Å². The molecule has 0 bridgehead atoms. The van der Waals surface area contributed by atoms with E-state index in [1.54, 1.807) is 26.0 Å². The summed E-state index contributed by atoms with van der Waals surface area (Å²) >= 11 is 0. The predicted octanol–water partition coefficient (Wildman–Crippen LogP) is 2.33. The number of aryl methyl sites for hydroxylation is 1. The number of rotatable bonds is 1. The molecule has 1 N–H and O–H groups in total. The minimum absolute atomic E-state index is 0.152. The van der Waals surface area contributed by atoms with Crippen LogP contribution in [0, 0.1) is 19.7 Å². The maximum absolute atomic E-state index is 13.0. The largest absolute Gasteiger partial charge is 0.504 e. The average Bonchev–Trinajstić information content (AvgIpc) is 2.46. The maximum atomic E-state index is 13.0. The lowest BCUT2D eigenvalue weighted by atomic mass is 10.3. The smallest absolute Gasteiger partial charge is 0.159 e. The van der Waals surface area contributed by atoms with Crippen molar-refractivity contribution in [2.45, 2.75) is 13.8 Å². The monoisotopic (exact) mass is 206 g/mol. The van der Waals surface area contributed by atoms with Crippen LogP contribution in [0.4, 0.5) is 4.39 Å². The van der Waals surface area contributed by atoms with Crippen molar-refractivity contribution in [3.63, 3.8) is 0 Å². The molecule has 0 aliphatic heterocycles. The third kappa shape index (κ3) is 1.58. The van der Waals surface area contributed by atoms with Crippen molar-refractivity contribution in [1.29, 1.82) is 0 Å². The Morgan fingerprint density at radius 3 is 2.60 bits per heavy atom. The fourth-order valence-electron chi connectivity index (χ4n) is 1.49. The number of benzene rings is 1. The Morgan fingerprint density at radius 1 is 1.33 bits per heavy atom. The van der Waals surface area contributed by atoms with Gasteiger partial charge in [0.15, 0.2) is 5.75 Å². The van der Waals surface area contributed by atoms with E-state index in [1.807, 2.05) is 0 Å². The van der Waals surface area contributed by atoms with Crippen LogP contribution in [0.25, 0.3) is 5.69 Å². The topological polar surface area (TPSA) is 38.0 Å². The molecule has 0 spiro atoms. The highest BCUT2D eigenvalue weighted by molar-refractivity contribution is 5.39. The Morgan fingerprint density at radius 2 is 2.07 bits per heavy atom. The summed E-state index contributed by atoms with van der Waals surface area (Å²) in [4.78, 5) is 0. The zero-order valence-electron chi connectivity index (χ0n) is 8.53. The summed E-state index contributed by atoms with van der Waals surface area (Å²) in [5.41, 5.74) is 1.76. The minimum atomic E-state index is -0.320. The van der Waals surface area contributed by atoms with E-state index in [0.29, 0.717) is 17.1 Å². The lowest BCUT2D eigenvalue weighted by Gasteiger charge is -2.03. The number of halogens is 1. The summed E-state index contributed by atoms with van der Waals surface area (Å²) in [6.07, 6.45) is 0. The molecule has 2 rings (SSSR count). The molecule has 1 aromatic carbocycles. The van der Waals surface area contributed by atoms with Crippen LogP contribution in [0.5, 0.6) is 5.75 Å². The first-order valence-corrected chi connectivity index (χ1v) is 4.60. The van der Waals surface area contributed by atoms with E-state index in [2.05, 4.69) is 5.10 Å². The van der Waals surface area contributed by atoms with Gasteiger partial charge in [0, 0.05) is 0 Å². The van der Waals surface area contributed by atoms with Gasteiger partial charge in [0.25, 0.3) is 0 Å². The highest BCUT2D eigenvalue weighted by Gasteiger charge is 2.11. The van der Waals surface area contributed by atoms with Gasteiger partial charge >= 0.3 is 0 Å². The van der Waals surface area contributed by atoms with Crippen LogP contribution in [0.1, 0.15) is 11.4 Å². The fourth-order valence-corrected chi connectivity index (χ4v) is 1.49. The third-order valence-corrected chi connectivity index (χ3v) is 2.31. The van der Waals surface area contributed by atoms with Crippen LogP contribution in [-0.4, -0.2) is 14.9 Å². The Kier molecular flexibility index (Phi) is 2.19. The minimum Gasteiger partial charge on any atom is -0.504 e. The second kappa shape index (κ2) is 3.38. The first-order chi connectivity index (χ1) is 7.09. The van der Waals surface area contributed by atoms with E-state index in [-0.39, 0.29) is 11.6 Å². The van der Waals surface area contributed by atoms with Gasteiger partial charge in [-0.05, 0) is 32.0 Å². The molecule has 0 fully saturated rings. The van der Waals surface area contributed by atoms with Gasteiger partial charge in [-0.15, -0.1) is 0 Å². The summed E-state index contributed by atoms with van der Waals surface area (Å²) in [7, 11) is 0. The first-order valence-electron chi connectivity index (χ1n) is 4.60. The van der Waals surface area contributed by atoms with E-state index < -0.39 is 0 Å². The summed E-state index contributed by atoms with van der Waals surface area (Å²) in [6, 6.07) is 6.09. The predicted molar refractivity (Wildman–Crippen MR) is 54.7 cm³/mol. The SMILES string of the molecule is Cc1nn(-c2cccc(F)c2)c(C)c1O.